The van der Waals surface area contributed by atoms with E-state index in [1.54, 1.807) is 0 Å². The third-order valence-corrected chi connectivity index (χ3v) is 1.21. The predicted octanol–water partition coefficient (Wildman–Crippen LogP) is 5.42. The Kier molecular flexibility index (Phi) is 45.6. The van der Waals surface area contributed by atoms with Crippen molar-refractivity contribution in [1.29, 1.82) is 0 Å². The molecular weight excluding hydrogens is 144 g/mol. The monoisotopic (exact) mass is 174 g/mol. The Morgan fingerprint density at radius 2 is 0.833 bits per heavy atom. The van der Waals surface area contributed by atoms with Crippen LogP contribution in [0.4, 0.5) is 0 Å². The molecule has 12 heavy (non-hydrogen) atoms. The van der Waals surface area contributed by atoms with Crippen molar-refractivity contribution in [2.75, 3.05) is 0 Å². The highest BCUT2D eigenvalue weighted by Gasteiger charge is 1.80. The van der Waals surface area contributed by atoms with Gasteiger partial charge in [0.15, 0.2) is 0 Å². The zero-order chi connectivity index (χ0) is 10.2. The highest BCUT2D eigenvalue weighted by molar-refractivity contribution is 4.35. The van der Waals surface area contributed by atoms with Gasteiger partial charge in [-0.15, -0.1) is 0 Å². The highest BCUT2D eigenvalue weighted by Crippen LogP contribution is 2.00. The quantitative estimate of drug-likeness (QED) is 0.499. The topological polar surface area (TPSA) is 0 Å². The first-order chi connectivity index (χ1) is 5.83. The summed E-state index contributed by atoms with van der Waals surface area (Å²) in [6.45, 7) is 12.7. The summed E-state index contributed by atoms with van der Waals surface area (Å²) in [7, 11) is 0. The summed E-state index contributed by atoms with van der Waals surface area (Å²) in [6.07, 6.45) is 8.26. The van der Waals surface area contributed by atoms with Gasteiger partial charge in [-0.1, -0.05) is 80.1 Å². The minimum Gasteiger partial charge on any atom is -0.0683 e. The summed E-state index contributed by atoms with van der Waals surface area (Å²) in [5.74, 6) is 0. The van der Waals surface area contributed by atoms with E-state index in [1.165, 1.54) is 38.5 Å². The van der Waals surface area contributed by atoms with E-state index in [0.29, 0.717) is 0 Å². The molecule has 0 aromatic carbocycles. The summed E-state index contributed by atoms with van der Waals surface area (Å²) >= 11 is 0. The van der Waals surface area contributed by atoms with Crippen molar-refractivity contribution >= 4 is 0 Å². The van der Waals surface area contributed by atoms with E-state index in [1.807, 2.05) is 13.8 Å². The van der Waals surface area contributed by atoms with E-state index in [-0.39, 0.29) is 0 Å². The van der Waals surface area contributed by atoms with Crippen molar-refractivity contribution in [2.45, 2.75) is 80.1 Å². The fraction of sp³-hybridized carbons (Fsp3) is 1.00. The molecule has 0 unspecified atom stereocenters. The maximum Gasteiger partial charge on any atom is -0.0533 e. The second-order valence-corrected chi connectivity index (χ2v) is 2.77. The first kappa shape index (κ1) is 17.9. The molecule has 0 N–H and O–H groups in total. The first-order valence-corrected chi connectivity index (χ1v) is 5.83. The van der Waals surface area contributed by atoms with Crippen LogP contribution in [-0.4, -0.2) is 0 Å². The van der Waals surface area contributed by atoms with Gasteiger partial charge in [-0.3, -0.25) is 0 Å². The predicted molar refractivity (Wildman–Crippen MR) is 61.7 cm³/mol. The Balaban J connectivity index is -0.000000137. The van der Waals surface area contributed by atoms with Crippen LogP contribution in [0.3, 0.4) is 0 Å². The van der Waals surface area contributed by atoms with Gasteiger partial charge < -0.3 is 0 Å². The Labute approximate surface area is 80.8 Å². The fourth-order valence-electron chi connectivity index (χ4n) is 0.677. The molecule has 78 valence electrons. The molecule has 0 aromatic rings. The zero-order valence-corrected chi connectivity index (χ0v) is 10.2. The third-order valence-electron chi connectivity index (χ3n) is 1.21. The molecule has 0 heteroatoms. The molecule has 0 saturated heterocycles. The van der Waals surface area contributed by atoms with E-state index in [0.717, 1.165) is 0 Å². The summed E-state index contributed by atoms with van der Waals surface area (Å²) in [5, 5.41) is 0. The van der Waals surface area contributed by atoms with Gasteiger partial charge >= 0.3 is 0 Å². The lowest BCUT2D eigenvalue weighted by molar-refractivity contribution is 0.656. The van der Waals surface area contributed by atoms with Crippen LogP contribution in [0.2, 0.25) is 0 Å². The molecule has 0 heterocycles. The van der Waals surface area contributed by atoms with Gasteiger partial charge in [-0.2, -0.15) is 0 Å². The zero-order valence-electron chi connectivity index (χ0n) is 10.2. The van der Waals surface area contributed by atoms with Crippen LogP contribution in [-0.2, 0) is 0 Å². The maximum atomic E-state index is 2.25. The number of hydrogen-bond acceptors (Lipinski definition) is 0. The number of unbranched alkanes of at least 4 members (excludes halogenated alkanes) is 4. The largest absolute Gasteiger partial charge is 0.0683 e. The van der Waals surface area contributed by atoms with E-state index >= 15 is 0 Å². The van der Waals surface area contributed by atoms with Crippen LogP contribution >= 0.6 is 0 Å². The third kappa shape index (κ3) is 50.6. The molecule has 0 aromatic heterocycles. The SMILES string of the molecule is CC.CCC.CCCCCCC. The number of rotatable bonds is 4. The van der Waals surface area contributed by atoms with Crippen molar-refractivity contribution in [3.05, 3.63) is 0 Å². The van der Waals surface area contributed by atoms with Gasteiger partial charge in [0, 0.05) is 0 Å². The van der Waals surface area contributed by atoms with Crippen molar-refractivity contribution in [1.82, 2.24) is 0 Å². The molecule has 0 aliphatic heterocycles. The van der Waals surface area contributed by atoms with Gasteiger partial charge in [-0.05, 0) is 0 Å². The van der Waals surface area contributed by atoms with Gasteiger partial charge in [-0.25, -0.2) is 0 Å². The van der Waals surface area contributed by atoms with Crippen LogP contribution in [0.1, 0.15) is 80.1 Å². The van der Waals surface area contributed by atoms with Gasteiger partial charge in [0.1, 0.15) is 0 Å². The van der Waals surface area contributed by atoms with E-state index in [2.05, 4.69) is 27.7 Å². The van der Waals surface area contributed by atoms with E-state index in [4.69, 9.17) is 0 Å². The van der Waals surface area contributed by atoms with Crippen molar-refractivity contribution in [3.8, 4) is 0 Å². The Bertz CT molecular complexity index is 27.0. The molecule has 0 saturated carbocycles. The fourth-order valence-corrected chi connectivity index (χ4v) is 0.677. The van der Waals surface area contributed by atoms with Gasteiger partial charge in [0.2, 0.25) is 0 Å². The molecule has 0 radical (unpaired) electrons. The summed E-state index contributed by atoms with van der Waals surface area (Å²) < 4.78 is 0. The second-order valence-electron chi connectivity index (χ2n) is 2.77. The van der Waals surface area contributed by atoms with E-state index in [9.17, 15) is 0 Å². The molecule has 0 amide bonds. The summed E-state index contributed by atoms with van der Waals surface area (Å²) in [4.78, 5) is 0. The minimum atomic E-state index is 1.25. The van der Waals surface area contributed by atoms with Crippen LogP contribution in [0.15, 0.2) is 0 Å². The molecule has 0 atom stereocenters. The van der Waals surface area contributed by atoms with Crippen molar-refractivity contribution in [2.24, 2.45) is 0 Å². The van der Waals surface area contributed by atoms with Crippen molar-refractivity contribution in [3.63, 3.8) is 0 Å². The van der Waals surface area contributed by atoms with Crippen molar-refractivity contribution < 1.29 is 0 Å². The number of hydrogen-bond donors (Lipinski definition) is 0. The summed E-state index contributed by atoms with van der Waals surface area (Å²) in [6, 6.07) is 0. The highest BCUT2D eigenvalue weighted by atomic mass is 13.9. The van der Waals surface area contributed by atoms with Crippen LogP contribution in [0.25, 0.3) is 0 Å². The normalized spacial score (nSPS) is 7.50. The molecule has 0 aliphatic carbocycles. The second kappa shape index (κ2) is 30.6. The van der Waals surface area contributed by atoms with Gasteiger partial charge in [0.05, 0.1) is 0 Å². The Hall–Kier alpha value is 0. The standard InChI is InChI=1S/C7H16.C3H8.C2H6/c1-3-5-7-6-4-2;1-3-2;1-2/h3-7H2,1-2H3;3H2,1-2H3;1-2H3. The molecule has 0 rings (SSSR count). The van der Waals surface area contributed by atoms with Crippen LogP contribution in [0, 0.1) is 0 Å². The molecule has 0 spiro atoms. The molecule has 0 bridgehead atoms. The average Bonchev–Trinajstić information content (AvgIpc) is 2.11. The molecule has 0 fully saturated rings. The summed E-state index contributed by atoms with van der Waals surface area (Å²) in [5.41, 5.74) is 0. The lowest BCUT2D eigenvalue weighted by atomic mass is 10.2. The Morgan fingerprint density at radius 3 is 1.00 bits per heavy atom. The molecular formula is C12H30. The lowest BCUT2D eigenvalue weighted by Crippen LogP contribution is -1.70. The average molecular weight is 174 g/mol. The molecule has 0 nitrogen and oxygen atoms in total. The molecule has 0 aliphatic rings. The van der Waals surface area contributed by atoms with Crippen LogP contribution < -0.4 is 0 Å². The lowest BCUT2D eigenvalue weighted by Gasteiger charge is -1.90. The van der Waals surface area contributed by atoms with Crippen LogP contribution in [0.5, 0.6) is 0 Å². The first-order valence-electron chi connectivity index (χ1n) is 5.83. The minimum absolute atomic E-state index is 1.25. The van der Waals surface area contributed by atoms with Gasteiger partial charge in [0.25, 0.3) is 0 Å². The van der Waals surface area contributed by atoms with E-state index < -0.39 is 0 Å². The maximum absolute atomic E-state index is 2.25. The Morgan fingerprint density at radius 1 is 0.583 bits per heavy atom. The smallest absolute Gasteiger partial charge is 0.0533 e.